The number of aromatic nitrogens is 2. The molecule has 1 atom stereocenters. The van der Waals surface area contributed by atoms with Crippen LogP contribution >= 0.6 is 11.6 Å². The van der Waals surface area contributed by atoms with E-state index in [0.29, 0.717) is 36.8 Å². The lowest BCUT2D eigenvalue weighted by Gasteiger charge is -2.32. The van der Waals surface area contributed by atoms with Crippen LogP contribution in [0.25, 0.3) is 0 Å². The molecular formula is C26H29ClN4O2. The zero-order valence-electron chi connectivity index (χ0n) is 19.1. The molecule has 1 aromatic heterocycles. The van der Waals surface area contributed by atoms with Gasteiger partial charge in [-0.05, 0) is 56.5 Å². The summed E-state index contributed by atoms with van der Waals surface area (Å²) < 4.78 is 1.99. The van der Waals surface area contributed by atoms with E-state index in [1.54, 1.807) is 29.2 Å². The summed E-state index contributed by atoms with van der Waals surface area (Å²) in [7, 11) is 0. The number of halogens is 1. The van der Waals surface area contributed by atoms with E-state index in [1.165, 1.54) is 5.56 Å². The van der Waals surface area contributed by atoms with Crippen LogP contribution in [0.3, 0.4) is 0 Å². The maximum absolute atomic E-state index is 12.9. The summed E-state index contributed by atoms with van der Waals surface area (Å²) in [6.45, 7) is 6.24. The summed E-state index contributed by atoms with van der Waals surface area (Å²) >= 11 is 5.93. The van der Waals surface area contributed by atoms with Crippen LogP contribution in [0.5, 0.6) is 0 Å². The summed E-state index contributed by atoms with van der Waals surface area (Å²) in [6.07, 6.45) is 1.59. The van der Waals surface area contributed by atoms with E-state index < -0.39 is 0 Å². The minimum Gasteiger partial charge on any atom is -0.352 e. The zero-order valence-corrected chi connectivity index (χ0v) is 19.8. The quantitative estimate of drug-likeness (QED) is 0.589. The van der Waals surface area contributed by atoms with Gasteiger partial charge in [-0.2, -0.15) is 5.10 Å². The Balaban J connectivity index is 1.36. The van der Waals surface area contributed by atoms with Gasteiger partial charge in [-0.25, -0.2) is 0 Å². The van der Waals surface area contributed by atoms with Gasteiger partial charge in [0.1, 0.15) is 0 Å². The van der Waals surface area contributed by atoms with E-state index in [2.05, 4.69) is 22.5 Å². The van der Waals surface area contributed by atoms with Crippen molar-refractivity contribution < 1.29 is 9.59 Å². The van der Waals surface area contributed by atoms with Gasteiger partial charge in [0.2, 0.25) is 5.91 Å². The van der Waals surface area contributed by atoms with Gasteiger partial charge in [0.25, 0.3) is 5.91 Å². The fourth-order valence-electron chi connectivity index (χ4n) is 4.37. The molecule has 4 rings (SSSR count). The molecule has 0 spiro atoms. The average molecular weight is 465 g/mol. The first kappa shape index (κ1) is 23.1. The SMILES string of the molecule is Cc1nn(Cc2ccccc2)c(C)c1CNC(=O)C1CCCN(C(=O)c2ccc(Cl)cc2)C1. The van der Waals surface area contributed by atoms with Gasteiger partial charge in [0.05, 0.1) is 18.2 Å². The van der Waals surface area contributed by atoms with Crippen molar-refractivity contribution in [3.63, 3.8) is 0 Å². The second kappa shape index (κ2) is 10.2. The molecule has 6 nitrogen and oxygen atoms in total. The number of hydrogen-bond acceptors (Lipinski definition) is 3. The molecule has 1 saturated heterocycles. The van der Waals surface area contributed by atoms with Gasteiger partial charge in [-0.1, -0.05) is 41.9 Å². The first-order valence-corrected chi connectivity index (χ1v) is 11.7. The van der Waals surface area contributed by atoms with E-state index in [9.17, 15) is 9.59 Å². The lowest BCUT2D eigenvalue weighted by Crippen LogP contribution is -2.45. The first-order valence-electron chi connectivity index (χ1n) is 11.3. The predicted octanol–water partition coefficient (Wildman–Crippen LogP) is 4.37. The highest BCUT2D eigenvalue weighted by Gasteiger charge is 2.29. The highest BCUT2D eigenvalue weighted by Crippen LogP contribution is 2.21. The Morgan fingerprint density at radius 1 is 1.09 bits per heavy atom. The molecule has 1 aliphatic rings. The monoisotopic (exact) mass is 464 g/mol. The Bertz CT molecular complexity index is 1130. The van der Waals surface area contributed by atoms with Gasteiger partial charge in [0, 0.05) is 41.5 Å². The van der Waals surface area contributed by atoms with Gasteiger partial charge in [-0.15, -0.1) is 0 Å². The molecule has 7 heteroatoms. The molecule has 1 fully saturated rings. The molecule has 0 saturated carbocycles. The third kappa shape index (κ3) is 5.45. The molecule has 172 valence electrons. The maximum Gasteiger partial charge on any atom is 0.253 e. The molecule has 0 bridgehead atoms. The largest absolute Gasteiger partial charge is 0.352 e. The highest BCUT2D eigenvalue weighted by atomic mass is 35.5. The van der Waals surface area contributed by atoms with Crippen LogP contribution in [0, 0.1) is 19.8 Å². The average Bonchev–Trinajstić information content (AvgIpc) is 3.10. The summed E-state index contributed by atoms with van der Waals surface area (Å²) in [5, 5.41) is 8.36. The Morgan fingerprint density at radius 2 is 1.82 bits per heavy atom. The number of likely N-dealkylation sites (tertiary alicyclic amines) is 1. The minimum atomic E-state index is -0.213. The molecule has 1 unspecified atom stereocenters. The summed E-state index contributed by atoms with van der Waals surface area (Å²) in [4.78, 5) is 27.6. The lowest BCUT2D eigenvalue weighted by molar-refractivity contribution is -0.126. The van der Waals surface area contributed by atoms with Crippen LogP contribution in [0.15, 0.2) is 54.6 Å². The molecule has 2 aromatic carbocycles. The number of nitrogens with one attached hydrogen (secondary N) is 1. The van der Waals surface area contributed by atoms with Crippen molar-refractivity contribution in [2.45, 2.75) is 39.8 Å². The number of amides is 2. The van der Waals surface area contributed by atoms with Crippen LogP contribution in [0.2, 0.25) is 5.02 Å². The fourth-order valence-corrected chi connectivity index (χ4v) is 4.50. The molecular weight excluding hydrogens is 436 g/mol. The molecule has 2 amide bonds. The number of aryl methyl sites for hydroxylation is 1. The summed E-state index contributed by atoms with van der Waals surface area (Å²) in [6, 6.07) is 17.1. The number of rotatable bonds is 6. The Labute approximate surface area is 199 Å². The predicted molar refractivity (Wildman–Crippen MR) is 129 cm³/mol. The third-order valence-corrected chi connectivity index (χ3v) is 6.57. The molecule has 0 radical (unpaired) electrons. The standard InChI is InChI=1S/C26H29ClN4O2/c1-18-24(19(2)31(29-18)16-20-7-4-3-5-8-20)15-28-25(32)22-9-6-14-30(17-22)26(33)21-10-12-23(27)13-11-21/h3-5,7-8,10-13,22H,6,9,14-17H2,1-2H3,(H,28,32). The third-order valence-electron chi connectivity index (χ3n) is 6.32. The van der Waals surface area contributed by atoms with E-state index in [4.69, 9.17) is 11.6 Å². The second-order valence-corrected chi connectivity index (χ2v) is 9.04. The van der Waals surface area contributed by atoms with E-state index in [0.717, 1.165) is 29.8 Å². The van der Waals surface area contributed by atoms with Crippen LogP contribution in [-0.2, 0) is 17.9 Å². The smallest absolute Gasteiger partial charge is 0.253 e. The molecule has 33 heavy (non-hydrogen) atoms. The molecule has 2 heterocycles. The highest BCUT2D eigenvalue weighted by molar-refractivity contribution is 6.30. The molecule has 3 aromatic rings. The lowest BCUT2D eigenvalue weighted by atomic mass is 9.96. The Kier molecular flexibility index (Phi) is 7.14. The van der Waals surface area contributed by atoms with Crippen molar-refractivity contribution >= 4 is 23.4 Å². The Hall–Kier alpha value is -3.12. The Morgan fingerprint density at radius 3 is 2.55 bits per heavy atom. The zero-order chi connectivity index (χ0) is 23.4. The molecule has 0 aliphatic carbocycles. The van der Waals surface area contributed by atoms with Gasteiger partial charge < -0.3 is 10.2 Å². The fraction of sp³-hybridized carbons (Fsp3) is 0.346. The van der Waals surface area contributed by atoms with E-state index in [1.807, 2.05) is 36.7 Å². The number of carbonyl (C=O) groups is 2. The van der Waals surface area contributed by atoms with Crippen molar-refractivity contribution in [2.24, 2.45) is 5.92 Å². The maximum atomic E-state index is 12.9. The number of piperidine rings is 1. The van der Waals surface area contributed by atoms with Gasteiger partial charge in [-0.3, -0.25) is 14.3 Å². The van der Waals surface area contributed by atoms with Crippen molar-refractivity contribution in [1.82, 2.24) is 20.0 Å². The summed E-state index contributed by atoms with van der Waals surface area (Å²) in [5.74, 6) is -0.286. The molecule has 1 aliphatic heterocycles. The molecule has 1 N–H and O–H groups in total. The van der Waals surface area contributed by atoms with Crippen LogP contribution in [0.4, 0.5) is 0 Å². The van der Waals surface area contributed by atoms with Gasteiger partial charge >= 0.3 is 0 Å². The van der Waals surface area contributed by atoms with Gasteiger partial charge in [0.15, 0.2) is 0 Å². The van der Waals surface area contributed by atoms with Crippen LogP contribution < -0.4 is 5.32 Å². The number of carbonyl (C=O) groups excluding carboxylic acids is 2. The van der Waals surface area contributed by atoms with Crippen molar-refractivity contribution in [2.75, 3.05) is 13.1 Å². The minimum absolute atomic E-state index is 0.0155. The second-order valence-electron chi connectivity index (χ2n) is 8.61. The normalized spacial score (nSPS) is 16.0. The van der Waals surface area contributed by atoms with Crippen molar-refractivity contribution in [3.05, 3.63) is 87.7 Å². The van der Waals surface area contributed by atoms with Crippen LogP contribution in [-0.4, -0.2) is 39.6 Å². The van der Waals surface area contributed by atoms with E-state index in [-0.39, 0.29) is 17.7 Å². The number of nitrogens with zero attached hydrogens (tertiary/aromatic N) is 3. The van der Waals surface area contributed by atoms with Crippen molar-refractivity contribution in [1.29, 1.82) is 0 Å². The van der Waals surface area contributed by atoms with Crippen molar-refractivity contribution in [3.8, 4) is 0 Å². The first-order chi connectivity index (χ1) is 15.9. The van der Waals surface area contributed by atoms with E-state index >= 15 is 0 Å². The topological polar surface area (TPSA) is 67.2 Å². The van der Waals surface area contributed by atoms with Crippen LogP contribution in [0.1, 0.15) is 45.7 Å². The number of benzene rings is 2. The number of hydrogen-bond donors (Lipinski definition) is 1. The summed E-state index contributed by atoms with van der Waals surface area (Å²) in [5.41, 5.74) is 4.81.